The maximum absolute atomic E-state index is 3.29. The van der Waals surface area contributed by atoms with Crippen molar-refractivity contribution >= 4 is 0 Å². The first-order valence-electron chi connectivity index (χ1n) is 4.83. The summed E-state index contributed by atoms with van der Waals surface area (Å²) >= 11 is 0. The molecule has 0 aromatic heterocycles. The molecule has 1 heterocycles. The van der Waals surface area contributed by atoms with Crippen molar-refractivity contribution in [3.63, 3.8) is 0 Å². The van der Waals surface area contributed by atoms with Crippen molar-refractivity contribution in [3.05, 3.63) is 35.6 Å². The van der Waals surface area contributed by atoms with E-state index in [1.807, 2.05) is 25.9 Å². The van der Waals surface area contributed by atoms with Gasteiger partial charge in [-0.25, -0.2) is 5.43 Å². The second-order valence-electron chi connectivity index (χ2n) is 3.09. The molecule has 2 rings (SSSR count). The van der Waals surface area contributed by atoms with E-state index < -0.39 is 0 Å². The van der Waals surface area contributed by atoms with E-state index in [1.54, 1.807) is 0 Å². The Morgan fingerprint density at radius 1 is 1.38 bits per heavy atom. The first-order valence-corrected chi connectivity index (χ1v) is 4.83. The van der Waals surface area contributed by atoms with Crippen LogP contribution in [0.5, 0.6) is 0 Å². The number of hydrogen-bond acceptors (Lipinski definition) is 2. The maximum atomic E-state index is 3.29. The van der Waals surface area contributed by atoms with Gasteiger partial charge in [-0.3, -0.25) is 0 Å². The molecule has 0 saturated carbocycles. The molecular weight excluding hydrogens is 160 g/mol. The predicted octanol–water partition coefficient (Wildman–Crippen LogP) is 2.23. The van der Waals surface area contributed by atoms with Gasteiger partial charge >= 0.3 is 0 Å². The lowest BCUT2D eigenvalue weighted by Gasteiger charge is -2.14. The van der Waals surface area contributed by atoms with E-state index in [0.29, 0.717) is 6.04 Å². The molecule has 1 N–H and O–H groups in total. The molecule has 13 heavy (non-hydrogen) atoms. The standard InChI is InChI=1S/C9H12N2.C2H6/c1-7-3-4-9-8(5-7)6-11(2)10-9;1-2/h3-6,9-10H,1-2H3;1-2H3. The van der Waals surface area contributed by atoms with Gasteiger partial charge in [0.2, 0.25) is 0 Å². The Bertz CT molecular complexity index is 261. The highest BCUT2D eigenvalue weighted by Gasteiger charge is 2.19. The van der Waals surface area contributed by atoms with Gasteiger partial charge in [-0.1, -0.05) is 37.6 Å². The van der Waals surface area contributed by atoms with Gasteiger partial charge in [0, 0.05) is 13.2 Å². The van der Waals surface area contributed by atoms with Crippen LogP contribution in [0.15, 0.2) is 35.6 Å². The molecule has 0 aromatic rings. The zero-order chi connectivity index (χ0) is 9.84. The third-order valence-electron chi connectivity index (χ3n) is 1.99. The van der Waals surface area contributed by atoms with Gasteiger partial charge in [-0.15, -0.1) is 0 Å². The van der Waals surface area contributed by atoms with Crippen LogP contribution in [0.2, 0.25) is 0 Å². The summed E-state index contributed by atoms with van der Waals surface area (Å²) < 4.78 is 0. The number of hydrogen-bond donors (Lipinski definition) is 1. The lowest BCUT2D eigenvalue weighted by molar-refractivity contribution is 0.349. The van der Waals surface area contributed by atoms with Crippen LogP contribution in [0.25, 0.3) is 0 Å². The van der Waals surface area contributed by atoms with Crippen molar-refractivity contribution in [2.24, 2.45) is 0 Å². The molecule has 72 valence electrons. The molecule has 2 heteroatoms. The minimum Gasteiger partial charge on any atom is -0.318 e. The van der Waals surface area contributed by atoms with Crippen molar-refractivity contribution in [3.8, 4) is 0 Å². The fourth-order valence-electron chi connectivity index (χ4n) is 1.48. The van der Waals surface area contributed by atoms with Gasteiger partial charge < -0.3 is 5.01 Å². The monoisotopic (exact) mass is 178 g/mol. The summed E-state index contributed by atoms with van der Waals surface area (Å²) in [4.78, 5) is 0. The van der Waals surface area contributed by atoms with E-state index in [1.165, 1.54) is 11.1 Å². The third kappa shape index (κ3) is 2.22. The van der Waals surface area contributed by atoms with Crippen molar-refractivity contribution in [1.29, 1.82) is 0 Å². The molecule has 1 aliphatic carbocycles. The van der Waals surface area contributed by atoms with Gasteiger partial charge in [0.25, 0.3) is 0 Å². The Hall–Kier alpha value is -1.02. The Kier molecular flexibility index (Phi) is 3.32. The van der Waals surface area contributed by atoms with Crippen LogP contribution in [0.1, 0.15) is 20.8 Å². The molecule has 0 bridgehead atoms. The van der Waals surface area contributed by atoms with Crippen molar-refractivity contribution in [2.75, 3.05) is 7.05 Å². The fourth-order valence-corrected chi connectivity index (χ4v) is 1.48. The minimum atomic E-state index is 0.406. The molecule has 0 fully saturated rings. The van der Waals surface area contributed by atoms with E-state index in [-0.39, 0.29) is 0 Å². The number of fused-ring (bicyclic) bond motifs is 1. The smallest absolute Gasteiger partial charge is 0.0710 e. The Morgan fingerprint density at radius 2 is 2.08 bits per heavy atom. The third-order valence-corrected chi connectivity index (χ3v) is 1.99. The minimum absolute atomic E-state index is 0.406. The summed E-state index contributed by atoms with van der Waals surface area (Å²) in [7, 11) is 2.02. The highest BCUT2D eigenvalue weighted by Crippen LogP contribution is 2.20. The average molecular weight is 178 g/mol. The second-order valence-corrected chi connectivity index (χ2v) is 3.09. The summed E-state index contributed by atoms with van der Waals surface area (Å²) in [5.41, 5.74) is 5.96. The molecule has 0 radical (unpaired) electrons. The number of rotatable bonds is 0. The number of nitrogens with one attached hydrogen (secondary N) is 1. The quantitative estimate of drug-likeness (QED) is 0.612. The summed E-state index contributed by atoms with van der Waals surface area (Å²) in [6.07, 6.45) is 8.66. The van der Waals surface area contributed by atoms with Crippen LogP contribution in [-0.4, -0.2) is 18.1 Å². The molecule has 1 aliphatic heterocycles. The van der Waals surface area contributed by atoms with Crippen molar-refractivity contribution < 1.29 is 0 Å². The average Bonchev–Trinajstić information content (AvgIpc) is 2.48. The molecule has 0 saturated heterocycles. The molecule has 0 aromatic carbocycles. The number of nitrogens with zero attached hydrogens (tertiary/aromatic N) is 1. The van der Waals surface area contributed by atoms with Gasteiger partial charge in [-0.2, -0.15) is 0 Å². The SMILES string of the molecule is CC.CC1=CC2=CN(C)NC2C=C1. The normalized spacial score (nSPS) is 24.3. The Morgan fingerprint density at radius 3 is 2.77 bits per heavy atom. The fraction of sp³-hybridized carbons (Fsp3) is 0.455. The molecule has 2 aliphatic rings. The molecular formula is C11H18N2. The van der Waals surface area contributed by atoms with Crippen LogP contribution in [0, 0.1) is 0 Å². The van der Waals surface area contributed by atoms with Crippen LogP contribution in [0.3, 0.4) is 0 Å². The van der Waals surface area contributed by atoms with E-state index >= 15 is 0 Å². The van der Waals surface area contributed by atoms with E-state index in [4.69, 9.17) is 0 Å². The van der Waals surface area contributed by atoms with Crippen LogP contribution in [0.4, 0.5) is 0 Å². The van der Waals surface area contributed by atoms with Gasteiger partial charge in [0.15, 0.2) is 0 Å². The summed E-state index contributed by atoms with van der Waals surface area (Å²) in [5, 5.41) is 2.00. The predicted molar refractivity (Wildman–Crippen MR) is 57.0 cm³/mol. The summed E-state index contributed by atoms with van der Waals surface area (Å²) in [6.45, 7) is 6.12. The van der Waals surface area contributed by atoms with E-state index in [2.05, 4.69) is 36.8 Å². The topological polar surface area (TPSA) is 15.3 Å². The zero-order valence-electron chi connectivity index (χ0n) is 8.83. The second kappa shape index (κ2) is 4.28. The van der Waals surface area contributed by atoms with E-state index in [0.717, 1.165) is 0 Å². The summed E-state index contributed by atoms with van der Waals surface area (Å²) in [5.74, 6) is 0. The zero-order valence-corrected chi connectivity index (χ0v) is 8.83. The van der Waals surface area contributed by atoms with Gasteiger partial charge in [0.1, 0.15) is 0 Å². The molecule has 1 unspecified atom stereocenters. The summed E-state index contributed by atoms with van der Waals surface area (Å²) in [6, 6.07) is 0.406. The number of allylic oxidation sites excluding steroid dienone is 2. The highest BCUT2D eigenvalue weighted by atomic mass is 15.5. The first-order chi connectivity index (χ1) is 6.25. The molecule has 1 atom stereocenters. The Labute approximate surface area is 80.6 Å². The lowest BCUT2D eigenvalue weighted by atomic mass is 10.0. The van der Waals surface area contributed by atoms with Crippen molar-refractivity contribution in [1.82, 2.24) is 10.4 Å². The van der Waals surface area contributed by atoms with Crippen LogP contribution < -0.4 is 5.43 Å². The number of hydrazine groups is 1. The maximum Gasteiger partial charge on any atom is 0.0710 e. The van der Waals surface area contributed by atoms with Gasteiger partial charge in [0.05, 0.1) is 6.04 Å². The highest BCUT2D eigenvalue weighted by molar-refractivity contribution is 5.42. The Balaban J connectivity index is 0.000000396. The van der Waals surface area contributed by atoms with Crippen molar-refractivity contribution in [2.45, 2.75) is 26.8 Å². The lowest BCUT2D eigenvalue weighted by Crippen LogP contribution is -2.32. The first kappa shape index (κ1) is 10.1. The molecule has 0 amide bonds. The van der Waals surface area contributed by atoms with Gasteiger partial charge in [-0.05, 0) is 12.5 Å². The largest absolute Gasteiger partial charge is 0.318 e. The molecule has 0 spiro atoms. The van der Waals surface area contributed by atoms with Crippen LogP contribution >= 0.6 is 0 Å². The van der Waals surface area contributed by atoms with E-state index in [9.17, 15) is 0 Å². The molecule has 2 nitrogen and oxygen atoms in total. The van der Waals surface area contributed by atoms with Crippen LogP contribution in [-0.2, 0) is 0 Å².